The van der Waals surface area contributed by atoms with Crippen LogP contribution >= 0.6 is 11.3 Å². The number of nitrogens with one attached hydrogen (secondary N) is 2. The van der Waals surface area contributed by atoms with E-state index in [9.17, 15) is 4.79 Å². The third-order valence-corrected chi connectivity index (χ3v) is 5.62. The van der Waals surface area contributed by atoms with Crippen LogP contribution in [0.25, 0.3) is 0 Å². The normalized spacial score (nSPS) is 20.3. The molecule has 0 aliphatic carbocycles. The third-order valence-electron chi connectivity index (χ3n) is 4.47. The molecule has 4 rings (SSSR count). The number of likely N-dealkylation sites (N-methyl/N-ethyl adjacent to an activating group) is 1. The Morgan fingerprint density at radius 1 is 1.26 bits per heavy atom. The highest BCUT2D eigenvalue weighted by atomic mass is 32.1. The van der Waals surface area contributed by atoms with Crippen molar-refractivity contribution < 1.29 is 9.53 Å². The summed E-state index contributed by atoms with van der Waals surface area (Å²) in [6.45, 7) is 1.93. The van der Waals surface area contributed by atoms with Crippen LogP contribution in [0.4, 0.5) is 5.00 Å². The van der Waals surface area contributed by atoms with E-state index in [-0.39, 0.29) is 12.1 Å². The molecular formula is C17H19N3O2S. The highest BCUT2D eigenvalue weighted by molar-refractivity contribution is 7.16. The Bertz CT molecular complexity index is 754. The highest BCUT2D eigenvalue weighted by Crippen LogP contribution is 2.40. The minimum absolute atomic E-state index is 0.0293. The lowest BCUT2D eigenvalue weighted by molar-refractivity contribution is 0.0935. The van der Waals surface area contributed by atoms with Crippen LogP contribution in [-0.2, 0) is 13.0 Å². The van der Waals surface area contributed by atoms with Gasteiger partial charge in [-0.15, -0.1) is 11.3 Å². The number of nitrogens with zero attached hydrogens (tertiary/aromatic N) is 1. The molecule has 23 heavy (non-hydrogen) atoms. The largest absolute Gasteiger partial charge is 0.497 e. The molecule has 2 N–H and O–H groups in total. The van der Waals surface area contributed by atoms with Crippen molar-refractivity contribution in [3.05, 3.63) is 45.8 Å². The van der Waals surface area contributed by atoms with E-state index in [4.69, 9.17) is 4.74 Å². The molecule has 1 atom stereocenters. The van der Waals surface area contributed by atoms with Crippen LogP contribution in [-0.4, -0.2) is 31.5 Å². The maximum Gasteiger partial charge on any atom is 0.256 e. The number of hydrogen-bond donors (Lipinski definition) is 2. The zero-order valence-corrected chi connectivity index (χ0v) is 14.0. The lowest BCUT2D eigenvalue weighted by atomic mass is 10.0. The number of anilines is 1. The van der Waals surface area contributed by atoms with Gasteiger partial charge >= 0.3 is 0 Å². The fourth-order valence-corrected chi connectivity index (χ4v) is 4.56. The van der Waals surface area contributed by atoms with Crippen LogP contribution in [0.2, 0.25) is 0 Å². The Morgan fingerprint density at radius 2 is 2.04 bits per heavy atom. The number of amides is 1. The summed E-state index contributed by atoms with van der Waals surface area (Å²) in [6.07, 6.45) is 0.749. The molecule has 1 amide bonds. The Morgan fingerprint density at radius 3 is 2.78 bits per heavy atom. The van der Waals surface area contributed by atoms with Gasteiger partial charge in [-0.2, -0.15) is 0 Å². The van der Waals surface area contributed by atoms with Gasteiger partial charge in [0.1, 0.15) is 16.9 Å². The van der Waals surface area contributed by atoms with Crippen molar-refractivity contribution in [2.45, 2.75) is 19.1 Å². The van der Waals surface area contributed by atoms with Gasteiger partial charge in [0, 0.05) is 18.0 Å². The molecule has 0 spiro atoms. The van der Waals surface area contributed by atoms with Crippen LogP contribution < -0.4 is 15.4 Å². The molecule has 0 fully saturated rings. The molecule has 0 saturated heterocycles. The second-order valence-electron chi connectivity index (χ2n) is 6.02. The minimum atomic E-state index is -0.196. The molecular weight excluding hydrogens is 310 g/mol. The van der Waals surface area contributed by atoms with Crippen molar-refractivity contribution in [3.63, 3.8) is 0 Å². The summed E-state index contributed by atoms with van der Waals surface area (Å²) >= 11 is 1.71. The van der Waals surface area contributed by atoms with E-state index in [2.05, 4.69) is 22.6 Å². The Labute approximate surface area is 139 Å². The highest BCUT2D eigenvalue weighted by Gasteiger charge is 2.32. The molecule has 2 aliphatic rings. The lowest BCUT2D eigenvalue weighted by Gasteiger charge is -2.27. The first kappa shape index (κ1) is 14.5. The van der Waals surface area contributed by atoms with Gasteiger partial charge in [-0.3, -0.25) is 4.79 Å². The van der Waals surface area contributed by atoms with Crippen molar-refractivity contribution >= 4 is 22.2 Å². The second-order valence-corrected chi connectivity index (χ2v) is 7.12. The average molecular weight is 329 g/mol. The molecule has 0 bridgehead atoms. The SMILES string of the molecule is COc1ccc(C2NC(=O)c3c(sc4c3CCN(C)C4)N2)cc1. The van der Waals surface area contributed by atoms with Crippen molar-refractivity contribution in [1.82, 2.24) is 10.2 Å². The molecule has 6 heteroatoms. The Kier molecular flexibility index (Phi) is 3.50. The van der Waals surface area contributed by atoms with E-state index in [1.165, 1.54) is 10.4 Å². The van der Waals surface area contributed by atoms with Gasteiger partial charge in [-0.25, -0.2) is 0 Å². The molecule has 0 saturated carbocycles. The summed E-state index contributed by atoms with van der Waals surface area (Å²) in [5, 5.41) is 7.55. The molecule has 1 aromatic heterocycles. The number of ether oxygens (including phenoxy) is 1. The van der Waals surface area contributed by atoms with E-state index >= 15 is 0 Å². The van der Waals surface area contributed by atoms with Gasteiger partial charge in [0.15, 0.2) is 0 Å². The number of carbonyl (C=O) groups excluding carboxylic acids is 1. The van der Waals surface area contributed by atoms with Crippen LogP contribution in [0.3, 0.4) is 0 Å². The number of fused-ring (bicyclic) bond motifs is 3. The van der Waals surface area contributed by atoms with Crippen molar-refractivity contribution in [1.29, 1.82) is 0 Å². The van der Waals surface area contributed by atoms with Gasteiger partial charge < -0.3 is 20.3 Å². The predicted octanol–water partition coefficient (Wildman–Crippen LogP) is 2.60. The Hall–Kier alpha value is -2.05. The van der Waals surface area contributed by atoms with Crippen LogP contribution in [0.15, 0.2) is 24.3 Å². The summed E-state index contributed by atoms with van der Waals surface area (Å²) < 4.78 is 5.19. The number of hydrogen-bond acceptors (Lipinski definition) is 5. The number of benzene rings is 1. The van der Waals surface area contributed by atoms with Gasteiger partial charge in [0.05, 0.1) is 12.7 Å². The molecule has 0 radical (unpaired) electrons. The zero-order chi connectivity index (χ0) is 16.0. The number of methoxy groups -OCH3 is 1. The summed E-state index contributed by atoms with van der Waals surface area (Å²) in [4.78, 5) is 16.2. The molecule has 2 aromatic rings. The number of rotatable bonds is 2. The maximum absolute atomic E-state index is 12.6. The van der Waals surface area contributed by atoms with Gasteiger partial charge in [-0.05, 0) is 36.7 Å². The summed E-state index contributed by atoms with van der Waals surface area (Å²) in [5.74, 6) is 0.841. The van der Waals surface area contributed by atoms with Crippen LogP contribution in [0.1, 0.15) is 32.5 Å². The van der Waals surface area contributed by atoms with Gasteiger partial charge in [0.2, 0.25) is 0 Å². The van der Waals surface area contributed by atoms with E-state index in [1.807, 2.05) is 24.3 Å². The monoisotopic (exact) mass is 329 g/mol. The lowest BCUT2D eigenvalue weighted by Crippen LogP contribution is -2.38. The van der Waals surface area contributed by atoms with Crippen molar-refractivity contribution in [3.8, 4) is 5.75 Å². The Balaban J connectivity index is 1.65. The summed E-state index contributed by atoms with van der Waals surface area (Å²) in [7, 11) is 3.77. The summed E-state index contributed by atoms with van der Waals surface area (Å²) in [6, 6.07) is 7.77. The summed E-state index contributed by atoms with van der Waals surface area (Å²) in [5.41, 5.74) is 3.09. The van der Waals surface area contributed by atoms with Gasteiger partial charge in [-0.1, -0.05) is 12.1 Å². The first-order valence-electron chi connectivity index (χ1n) is 7.70. The second kappa shape index (κ2) is 5.54. The van der Waals surface area contributed by atoms with E-state index < -0.39 is 0 Å². The van der Waals surface area contributed by atoms with E-state index in [0.717, 1.165) is 41.4 Å². The van der Waals surface area contributed by atoms with Crippen LogP contribution in [0, 0.1) is 0 Å². The fraction of sp³-hybridized carbons (Fsp3) is 0.353. The number of carbonyl (C=O) groups is 1. The number of thiophene rings is 1. The predicted molar refractivity (Wildman–Crippen MR) is 91.2 cm³/mol. The van der Waals surface area contributed by atoms with Crippen LogP contribution in [0.5, 0.6) is 5.75 Å². The van der Waals surface area contributed by atoms with Gasteiger partial charge in [0.25, 0.3) is 5.91 Å². The van der Waals surface area contributed by atoms with E-state index in [1.54, 1.807) is 18.4 Å². The third kappa shape index (κ3) is 2.48. The first-order chi connectivity index (χ1) is 11.2. The smallest absolute Gasteiger partial charge is 0.256 e. The first-order valence-corrected chi connectivity index (χ1v) is 8.52. The molecule has 1 aromatic carbocycles. The van der Waals surface area contributed by atoms with E-state index in [0.29, 0.717) is 0 Å². The minimum Gasteiger partial charge on any atom is -0.497 e. The molecule has 3 heterocycles. The van der Waals surface area contributed by atoms with Crippen molar-refractivity contribution in [2.24, 2.45) is 0 Å². The molecule has 120 valence electrons. The topological polar surface area (TPSA) is 53.6 Å². The zero-order valence-electron chi connectivity index (χ0n) is 13.2. The fourth-order valence-electron chi connectivity index (χ4n) is 3.21. The maximum atomic E-state index is 12.6. The molecule has 1 unspecified atom stereocenters. The molecule has 2 aliphatic heterocycles. The average Bonchev–Trinajstić information content (AvgIpc) is 2.92. The molecule has 5 nitrogen and oxygen atoms in total. The quantitative estimate of drug-likeness (QED) is 0.889. The van der Waals surface area contributed by atoms with Crippen molar-refractivity contribution in [2.75, 3.05) is 26.0 Å². The standard InChI is InChI=1S/C17H19N3O2S/c1-20-8-7-12-13(9-20)23-17-14(12)16(21)18-15(19-17)10-3-5-11(22-2)6-4-10/h3-6,15,19H,7-9H2,1-2H3,(H,18,21).